The minimum absolute atomic E-state index is 0.188. The zero-order valence-corrected chi connectivity index (χ0v) is 20.0. The van der Waals surface area contributed by atoms with E-state index in [0.717, 1.165) is 10.0 Å². The van der Waals surface area contributed by atoms with E-state index in [-0.39, 0.29) is 19.6 Å². The average Bonchev–Trinajstić information content (AvgIpc) is 2.67. The SMILES string of the molecule is CCOC(=O)CNC(=O)N[C@](C)(Cc1ccc(Br)cc1)C(=O)Nc1cc(Cl)cc(Cl)c1. The number of hydrogen-bond donors (Lipinski definition) is 3. The Labute approximate surface area is 198 Å². The summed E-state index contributed by atoms with van der Waals surface area (Å²) in [6.45, 7) is 3.13. The van der Waals surface area contributed by atoms with E-state index < -0.39 is 23.4 Å². The molecule has 0 aliphatic carbocycles. The number of nitrogens with one attached hydrogen (secondary N) is 3. The molecule has 3 amide bonds. The number of rotatable bonds is 8. The van der Waals surface area contributed by atoms with Crippen LogP contribution in [0.4, 0.5) is 10.5 Å². The predicted molar refractivity (Wildman–Crippen MR) is 125 cm³/mol. The van der Waals surface area contributed by atoms with Crippen molar-refractivity contribution in [1.29, 1.82) is 0 Å². The molecule has 166 valence electrons. The summed E-state index contributed by atoms with van der Waals surface area (Å²) in [5.41, 5.74) is -0.157. The second-order valence-electron chi connectivity index (χ2n) is 6.86. The van der Waals surface area contributed by atoms with Gasteiger partial charge in [-0.1, -0.05) is 51.3 Å². The summed E-state index contributed by atoms with van der Waals surface area (Å²) in [4.78, 5) is 37.1. The fourth-order valence-electron chi connectivity index (χ4n) is 2.75. The van der Waals surface area contributed by atoms with Crippen molar-refractivity contribution in [3.63, 3.8) is 0 Å². The minimum atomic E-state index is -1.36. The highest BCUT2D eigenvalue weighted by Gasteiger charge is 2.35. The first-order valence-electron chi connectivity index (χ1n) is 9.35. The van der Waals surface area contributed by atoms with Crippen molar-refractivity contribution in [2.24, 2.45) is 0 Å². The van der Waals surface area contributed by atoms with Crippen LogP contribution in [0.2, 0.25) is 10.0 Å². The molecule has 0 unspecified atom stereocenters. The number of amides is 3. The lowest BCUT2D eigenvalue weighted by Gasteiger charge is -2.30. The molecule has 2 aromatic carbocycles. The molecule has 0 aliphatic rings. The molecular weight excluding hydrogens is 509 g/mol. The van der Waals surface area contributed by atoms with Crippen molar-refractivity contribution in [2.45, 2.75) is 25.8 Å². The molecule has 0 heterocycles. The molecule has 0 aromatic heterocycles. The van der Waals surface area contributed by atoms with E-state index >= 15 is 0 Å². The maximum Gasteiger partial charge on any atom is 0.325 e. The zero-order valence-electron chi connectivity index (χ0n) is 16.9. The van der Waals surface area contributed by atoms with Gasteiger partial charge in [-0.2, -0.15) is 0 Å². The Kier molecular flexibility index (Phi) is 9.15. The number of halogens is 3. The maximum atomic E-state index is 13.2. The molecule has 0 bridgehead atoms. The summed E-state index contributed by atoms with van der Waals surface area (Å²) in [6.07, 6.45) is 0.188. The second kappa shape index (κ2) is 11.4. The van der Waals surface area contributed by atoms with Crippen LogP contribution in [0.3, 0.4) is 0 Å². The fraction of sp³-hybridized carbons (Fsp3) is 0.286. The zero-order chi connectivity index (χ0) is 23.0. The van der Waals surface area contributed by atoms with E-state index in [1.807, 2.05) is 24.3 Å². The molecule has 0 fully saturated rings. The largest absolute Gasteiger partial charge is 0.465 e. The van der Waals surface area contributed by atoms with Gasteiger partial charge in [0.05, 0.1) is 6.61 Å². The van der Waals surface area contributed by atoms with Gasteiger partial charge >= 0.3 is 12.0 Å². The van der Waals surface area contributed by atoms with Gasteiger partial charge < -0.3 is 20.7 Å². The highest BCUT2D eigenvalue weighted by molar-refractivity contribution is 9.10. The number of carbonyl (C=O) groups excluding carboxylic acids is 3. The lowest BCUT2D eigenvalue weighted by atomic mass is 9.91. The smallest absolute Gasteiger partial charge is 0.325 e. The van der Waals surface area contributed by atoms with Gasteiger partial charge in [-0.3, -0.25) is 9.59 Å². The number of benzene rings is 2. The van der Waals surface area contributed by atoms with Crippen LogP contribution in [-0.2, 0) is 20.7 Å². The van der Waals surface area contributed by atoms with E-state index in [2.05, 4.69) is 31.9 Å². The molecular formula is C21H22BrCl2N3O4. The van der Waals surface area contributed by atoms with Gasteiger partial charge in [0.25, 0.3) is 0 Å². The van der Waals surface area contributed by atoms with E-state index in [0.29, 0.717) is 15.7 Å². The van der Waals surface area contributed by atoms with Crippen LogP contribution in [0.5, 0.6) is 0 Å². The minimum Gasteiger partial charge on any atom is -0.465 e. The van der Waals surface area contributed by atoms with Crippen molar-refractivity contribution in [2.75, 3.05) is 18.5 Å². The van der Waals surface area contributed by atoms with E-state index in [1.165, 1.54) is 0 Å². The highest BCUT2D eigenvalue weighted by atomic mass is 79.9. The molecule has 0 radical (unpaired) electrons. The van der Waals surface area contributed by atoms with Gasteiger partial charge in [0.2, 0.25) is 5.91 Å². The van der Waals surface area contributed by atoms with Crippen LogP contribution in [0, 0.1) is 0 Å². The van der Waals surface area contributed by atoms with Crippen LogP contribution in [0.15, 0.2) is 46.9 Å². The molecule has 2 rings (SSSR count). The Morgan fingerprint density at radius 3 is 2.26 bits per heavy atom. The number of carbonyl (C=O) groups is 3. The first-order valence-corrected chi connectivity index (χ1v) is 10.9. The molecule has 31 heavy (non-hydrogen) atoms. The fourth-order valence-corrected chi connectivity index (χ4v) is 3.54. The highest BCUT2D eigenvalue weighted by Crippen LogP contribution is 2.24. The normalized spacial score (nSPS) is 12.4. The van der Waals surface area contributed by atoms with Gasteiger partial charge in [-0.05, 0) is 49.7 Å². The van der Waals surface area contributed by atoms with E-state index in [4.69, 9.17) is 27.9 Å². The van der Waals surface area contributed by atoms with Crippen LogP contribution < -0.4 is 16.0 Å². The summed E-state index contributed by atoms with van der Waals surface area (Å²) in [7, 11) is 0. The molecule has 0 saturated heterocycles. The Morgan fingerprint density at radius 1 is 1.06 bits per heavy atom. The molecule has 10 heteroatoms. The van der Waals surface area contributed by atoms with Crippen molar-refractivity contribution in [3.05, 3.63) is 62.5 Å². The maximum absolute atomic E-state index is 13.2. The molecule has 0 aliphatic heterocycles. The van der Waals surface area contributed by atoms with Crippen LogP contribution >= 0.6 is 39.1 Å². The molecule has 1 atom stereocenters. The summed E-state index contributed by atoms with van der Waals surface area (Å²) in [5, 5.41) is 8.51. The first kappa shape index (κ1) is 25.0. The summed E-state index contributed by atoms with van der Waals surface area (Å²) in [5.74, 6) is -1.06. The summed E-state index contributed by atoms with van der Waals surface area (Å²) < 4.78 is 5.67. The Balaban J connectivity index is 2.21. The second-order valence-corrected chi connectivity index (χ2v) is 8.65. The van der Waals surface area contributed by atoms with E-state index in [9.17, 15) is 14.4 Å². The molecule has 2 aromatic rings. The third kappa shape index (κ3) is 8.05. The Morgan fingerprint density at radius 2 is 1.68 bits per heavy atom. The number of ether oxygens (including phenoxy) is 1. The average molecular weight is 531 g/mol. The number of esters is 1. The van der Waals surface area contributed by atoms with Gasteiger partial charge in [-0.15, -0.1) is 0 Å². The van der Waals surface area contributed by atoms with Gasteiger partial charge in [0.1, 0.15) is 12.1 Å². The Bertz CT molecular complexity index is 936. The van der Waals surface area contributed by atoms with Crippen LogP contribution in [-0.4, -0.2) is 36.6 Å². The number of urea groups is 1. The molecule has 0 spiro atoms. The van der Waals surface area contributed by atoms with Gasteiger partial charge in [-0.25, -0.2) is 4.79 Å². The van der Waals surface area contributed by atoms with Crippen molar-refractivity contribution in [1.82, 2.24) is 10.6 Å². The van der Waals surface area contributed by atoms with Gasteiger partial charge in [0.15, 0.2) is 0 Å². The van der Waals surface area contributed by atoms with E-state index in [1.54, 1.807) is 32.0 Å². The third-order valence-electron chi connectivity index (χ3n) is 4.18. The molecule has 3 N–H and O–H groups in total. The predicted octanol–water partition coefficient (Wildman–Crippen LogP) is 4.56. The standard InChI is InChI=1S/C21H22BrCl2N3O4/c1-3-31-18(28)12-25-20(30)27-21(2,11-13-4-6-14(22)7-5-13)19(29)26-17-9-15(23)8-16(24)10-17/h4-10H,3,11-12H2,1-2H3,(H,26,29)(H2,25,27,30)/t21-/m1/s1. The monoisotopic (exact) mass is 529 g/mol. The topological polar surface area (TPSA) is 96.5 Å². The lowest BCUT2D eigenvalue weighted by Crippen LogP contribution is -2.58. The molecule has 7 nitrogen and oxygen atoms in total. The third-order valence-corrected chi connectivity index (χ3v) is 5.15. The van der Waals surface area contributed by atoms with Crippen molar-refractivity contribution < 1.29 is 19.1 Å². The number of hydrogen-bond acceptors (Lipinski definition) is 4. The Hall–Kier alpha value is -2.29. The number of anilines is 1. The van der Waals surface area contributed by atoms with Crippen molar-refractivity contribution >= 4 is 62.7 Å². The lowest BCUT2D eigenvalue weighted by molar-refractivity contribution is -0.141. The molecule has 0 saturated carbocycles. The van der Waals surface area contributed by atoms with Crippen molar-refractivity contribution in [3.8, 4) is 0 Å². The van der Waals surface area contributed by atoms with Gasteiger partial charge in [0, 0.05) is 26.6 Å². The summed E-state index contributed by atoms with van der Waals surface area (Å²) in [6, 6.07) is 11.3. The van der Waals surface area contributed by atoms with Crippen LogP contribution in [0.1, 0.15) is 19.4 Å². The first-order chi connectivity index (χ1) is 14.6. The van der Waals surface area contributed by atoms with Crippen LogP contribution in [0.25, 0.3) is 0 Å². The summed E-state index contributed by atoms with van der Waals surface area (Å²) >= 11 is 15.4. The quantitative estimate of drug-likeness (QED) is 0.436.